The second kappa shape index (κ2) is 13.7. The minimum atomic E-state index is -0.384. The summed E-state index contributed by atoms with van der Waals surface area (Å²) in [5.41, 5.74) is 5.78. The molecule has 6 rings (SSSR count). The number of hydrogen-bond acceptors (Lipinski definition) is 10. The summed E-state index contributed by atoms with van der Waals surface area (Å²) in [6.07, 6.45) is 3.44. The van der Waals surface area contributed by atoms with Gasteiger partial charge in [0, 0.05) is 31.9 Å². The Kier molecular flexibility index (Phi) is 9.06. The van der Waals surface area contributed by atoms with Crippen molar-refractivity contribution >= 4 is 11.6 Å². The number of nitrogens with one attached hydrogen (secondary N) is 1. The number of tetrazole rings is 1. The normalized spacial score (nSPS) is 12.7. The first-order valence-corrected chi connectivity index (χ1v) is 14.8. The lowest BCUT2D eigenvalue weighted by Crippen LogP contribution is -2.32. The quantitative estimate of drug-likeness (QED) is 0.223. The van der Waals surface area contributed by atoms with E-state index in [2.05, 4.69) is 54.9 Å². The van der Waals surface area contributed by atoms with Gasteiger partial charge in [0.2, 0.25) is 5.82 Å². The number of nitrogens with zero attached hydrogens (tertiary/aromatic N) is 6. The molecule has 0 saturated heterocycles. The molecule has 0 spiro atoms. The molecule has 236 valence electrons. The first-order chi connectivity index (χ1) is 22.5. The Morgan fingerprint density at radius 2 is 1.54 bits per heavy atom. The summed E-state index contributed by atoms with van der Waals surface area (Å²) in [4.78, 5) is 21.0. The molecule has 0 radical (unpaired) electrons. The van der Waals surface area contributed by atoms with Crippen LogP contribution < -0.4 is 24.3 Å². The minimum absolute atomic E-state index is 0.269. The highest BCUT2D eigenvalue weighted by Gasteiger charge is 2.21. The number of pyridine rings is 1. The molecule has 1 N–H and O–H groups in total. The molecule has 0 bridgehead atoms. The van der Waals surface area contributed by atoms with Crippen molar-refractivity contribution in [2.24, 2.45) is 0 Å². The number of amides is 1. The second-order valence-electron chi connectivity index (χ2n) is 10.7. The number of carbonyl (C=O) groups is 1. The molecule has 5 aromatic rings. The molecule has 3 heterocycles. The first kappa shape index (κ1) is 30.5. The number of hydrogen-bond donors (Lipinski definition) is 1. The van der Waals surface area contributed by atoms with Gasteiger partial charge in [0.05, 0.1) is 45.4 Å². The Labute approximate surface area is 266 Å². The topological polar surface area (TPSA) is 126 Å². The summed E-state index contributed by atoms with van der Waals surface area (Å²) in [7, 11) is 6.41. The summed E-state index contributed by atoms with van der Waals surface area (Å²) in [6.45, 7) is 2.80. The molecular weight excluding hydrogens is 586 g/mol. The lowest BCUT2D eigenvalue weighted by atomic mass is 9.98. The maximum atomic E-state index is 12.9. The van der Waals surface area contributed by atoms with Crippen LogP contribution in [0.15, 0.2) is 72.9 Å². The number of methoxy groups -OCH3 is 4. The zero-order chi connectivity index (χ0) is 32.0. The molecule has 2 aromatic heterocycles. The van der Waals surface area contributed by atoms with Crippen LogP contribution >= 0.6 is 0 Å². The summed E-state index contributed by atoms with van der Waals surface area (Å²) in [5.74, 6) is 2.37. The standard InChI is InChI=1S/C34H35N7O5/c1-43-29-17-23-13-16-40(21-24(23)18-30(29)44-2)15-12-22-8-10-25(11-9-22)41-38-33(37-39-41)26-19-31(45-3)32(46-4)20-28(26)36-34(42)27-7-5-6-14-35-27/h5-11,14,17-20H,12-13,15-16,21H2,1-4H3,(H,36,42). The Morgan fingerprint density at radius 3 is 2.24 bits per heavy atom. The number of rotatable bonds is 11. The molecule has 1 aliphatic heterocycles. The van der Waals surface area contributed by atoms with Crippen molar-refractivity contribution in [2.75, 3.05) is 46.8 Å². The van der Waals surface area contributed by atoms with E-state index >= 15 is 0 Å². The molecule has 1 aliphatic rings. The van der Waals surface area contributed by atoms with Crippen LogP contribution in [-0.4, -0.2) is 77.5 Å². The van der Waals surface area contributed by atoms with Crippen LogP contribution in [0.25, 0.3) is 17.1 Å². The van der Waals surface area contributed by atoms with Crippen LogP contribution in [0.1, 0.15) is 27.2 Å². The van der Waals surface area contributed by atoms with Gasteiger partial charge in [0.25, 0.3) is 5.91 Å². The number of anilines is 1. The Bertz CT molecular complexity index is 1830. The van der Waals surface area contributed by atoms with E-state index in [0.717, 1.165) is 49.7 Å². The summed E-state index contributed by atoms with van der Waals surface area (Å²) in [6, 6.07) is 20.8. The largest absolute Gasteiger partial charge is 0.493 e. The monoisotopic (exact) mass is 621 g/mol. The van der Waals surface area contributed by atoms with Crippen molar-refractivity contribution in [3.63, 3.8) is 0 Å². The van der Waals surface area contributed by atoms with Crippen LogP contribution in [-0.2, 0) is 19.4 Å². The van der Waals surface area contributed by atoms with Crippen molar-refractivity contribution in [3.05, 3.63) is 95.3 Å². The van der Waals surface area contributed by atoms with E-state index in [-0.39, 0.29) is 11.6 Å². The van der Waals surface area contributed by atoms with Gasteiger partial charge in [-0.05, 0) is 77.2 Å². The smallest absolute Gasteiger partial charge is 0.274 e. The van der Waals surface area contributed by atoms with Gasteiger partial charge in [0.15, 0.2) is 23.0 Å². The first-order valence-electron chi connectivity index (χ1n) is 14.8. The predicted molar refractivity (Wildman–Crippen MR) is 172 cm³/mol. The van der Waals surface area contributed by atoms with E-state index in [1.54, 1.807) is 57.9 Å². The molecule has 46 heavy (non-hydrogen) atoms. The van der Waals surface area contributed by atoms with Gasteiger partial charge in [-0.1, -0.05) is 18.2 Å². The molecule has 0 atom stereocenters. The minimum Gasteiger partial charge on any atom is -0.493 e. The second-order valence-corrected chi connectivity index (χ2v) is 10.7. The maximum Gasteiger partial charge on any atom is 0.274 e. The molecule has 0 fully saturated rings. The van der Waals surface area contributed by atoms with Gasteiger partial charge in [-0.15, -0.1) is 15.0 Å². The van der Waals surface area contributed by atoms with E-state index in [9.17, 15) is 4.79 Å². The fourth-order valence-electron chi connectivity index (χ4n) is 5.50. The van der Waals surface area contributed by atoms with Crippen molar-refractivity contribution < 1.29 is 23.7 Å². The van der Waals surface area contributed by atoms with Gasteiger partial charge in [-0.2, -0.15) is 0 Å². The van der Waals surface area contributed by atoms with Crippen molar-refractivity contribution in [3.8, 4) is 40.1 Å². The average Bonchev–Trinajstić information content (AvgIpc) is 3.60. The lowest BCUT2D eigenvalue weighted by molar-refractivity contribution is 0.102. The third-order valence-corrected chi connectivity index (χ3v) is 8.01. The molecular formula is C34H35N7O5. The highest BCUT2D eigenvalue weighted by molar-refractivity contribution is 6.05. The van der Waals surface area contributed by atoms with Crippen LogP contribution in [0.5, 0.6) is 23.0 Å². The summed E-state index contributed by atoms with van der Waals surface area (Å²) >= 11 is 0. The summed E-state index contributed by atoms with van der Waals surface area (Å²) < 4.78 is 22.0. The molecule has 0 aliphatic carbocycles. The van der Waals surface area contributed by atoms with Gasteiger partial charge >= 0.3 is 0 Å². The number of ether oxygens (including phenoxy) is 4. The lowest BCUT2D eigenvalue weighted by Gasteiger charge is -2.29. The van der Waals surface area contributed by atoms with Crippen molar-refractivity contribution in [1.82, 2.24) is 30.1 Å². The number of aromatic nitrogens is 5. The van der Waals surface area contributed by atoms with E-state index in [1.807, 2.05) is 12.1 Å². The zero-order valence-electron chi connectivity index (χ0n) is 26.2. The Balaban J connectivity index is 1.15. The third kappa shape index (κ3) is 6.47. The zero-order valence-corrected chi connectivity index (χ0v) is 26.2. The summed E-state index contributed by atoms with van der Waals surface area (Å²) in [5, 5.41) is 16.1. The maximum absolute atomic E-state index is 12.9. The SMILES string of the molecule is COc1cc2c(cc1OC)CN(CCc1ccc(-n3nnc(-c4cc(OC)c(OC)cc4NC(=O)c4ccccn4)n3)cc1)CC2. The molecule has 3 aromatic carbocycles. The number of carbonyl (C=O) groups excluding carboxylic acids is 1. The Morgan fingerprint density at radius 1 is 0.848 bits per heavy atom. The number of benzene rings is 3. The van der Waals surface area contributed by atoms with Gasteiger partial charge in [0.1, 0.15) is 5.69 Å². The van der Waals surface area contributed by atoms with Crippen LogP contribution in [0, 0.1) is 0 Å². The average molecular weight is 622 g/mol. The van der Waals surface area contributed by atoms with Gasteiger partial charge in [-0.3, -0.25) is 14.7 Å². The van der Waals surface area contributed by atoms with Crippen LogP contribution in [0.3, 0.4) is 0 Å². The van der Waals surface area contributed by atoms with Crippen molar-refractivity contribution in [2.45, 2.75) is 19.4 Å². The third-order valence-electron chi connectivity index (χ3n) is 8.01. The predicted octanol–water partition coefficient (Wildman–Crippen LogP) is 4.61. The number of fused-ring (bicyclic) bond motifs is 1. The van der Waals surface area contributed by atoms with E-state index in [1.165, 1.54) is 28.6 Å². The molecule has 0 saturated carbocycles. The van der Waals surface area contributed by atoms with Gasteiger partial charge < -0.3 is 24.3 Å². The highest BCUT2D eigenvalue weighted by Crippen LogP contribution is 2.38. The fraction of sp³-hybridized carbons (Fsp3) is 0.265. The molecule has 12 heteroatoms. The molecule has 1 amide bonds. The highest BCUT2D eigenvalue weighted by atomic mass is 16.5. The van der Waals surface area contributed by atoms with Gasteiger partial charge in [-0.25, -0.2) is 0 Å². The van der Waals surface area contributed by atoms with E-state index in [4.69, 9.17) is 18.9 Å². The van der Waals surface area contributed by atoms with Crippen molar-refractivity contribution in [1.29, 1.82) is 0 Å². The molecule has 12 nitrogen and oxygen atoms in total. The van der Waals surface area contributed by atoms with E-state index < -0.39 is 0 Å². The van der Waals surface area contributed by atoms with Crippen LogP contribution in [0.2, 0.25) is 0 Å². The van der Waals surface area contributed by atoms with E-state index in [0.29, 0.717) is 28.6 Å². The molecule has 0 unspecified atom stereocenters. The fourth-order valence-corrected chi connectivity index (χ4v) is 5.50. The van der Waals surface area contributed by atoms with Crippen LogP contribution in [0.4, 0.5) is 5.69 Å². The Hall–Kier alpha value is -5.49.